The zero-order valence-corrected chi connectivity index (χ0v) is 39.2. The third-order valence-electron chi connectivity index (χ3n) is 11.8. The van der Waals surface area contributed by atoms with E-state index in [9.17, 15) is 28.8 Å². The Balaban J connectivity index is 1.54. The number of ether oxygens (including phenoxy) is 3. The molecule has 0 saturated carbocycles. The normalized spacial score (nSPS) is 25.3. The molecule has 1 unspecified atom stereocenters. The molecule has 0 radical (unpaired) electrons. The standard InChI is InChI=1S/C47H67ClN6O9/c1-25(2)38(49)43(58)51-27(4)41(56)50-24-29-15-18-31(19-16-29)40-39(63-40)26(3)35-13-12-14-37(55)53-33(22-30-17-20-36(61-11)32(48)21-30)42(57)52-28(5)47(9,10)45(60)54-34(44(59)62-35)23-46(6,7)8/h12,14-21,25-28,33-35,38-40H,13,22-24,49H2,1-11H3,(H,50,56)(H,51,58)(H,52,57)(H,53,55)(H,54,60)/b14-12-/t26-,27-,28?,33+,34-,35-,38-,39+,40+/m0/s1. The molecule has 5 amide bonds. The molecule has 0 aliphatic carbocycles. The van der Waals surface area contributed by atoms with Crippen molar-refractivity contribution in [1.82, 2.24) is 26.6 Å². The number of nitrogens with one attached hydrogen (secondary N) is 5. The van der Waals surface area contributed by atoms with Crippen molar-refractivity contribution < 1.29 is 43.0 Å². The lowest BCUT2D eigenvalue weighted by molar-refractivity contribution is -0.157. The van der Waals surface area contributed by atoms with Gasteiger partial charge in [0.05, 0.1) is 29.7 Å². The first-order valence-electron chi connectivity index (χ1n) is 21.6. The lowest BCUT2D eigenvalue weighted by Crippen LogP contribution is -2.58. The van der Waals surface area contributed by atoms with Crippen molar-refractivity contribution in [2.24, 2.45) is 28.4 Å². The third kappa shape index (κ3) is 14.3. The van der Waals surface area contributed by atoms with Gasteiger partial charge in [0.2, 0.25) is 29.5 Å². The highest BCUT2D eigenvalue weighted by Gasteiger charge is 2.48. The highest BCUT2D eigenvalue weighted by molar-refractivity contribution is 6.32. The molecule has 1 fully saturated rings. The number of hydrogen-bond acceptors (Lipinski definition) is 10. The smallest absolute Gasteiger partial charge is 0.328 e. The number of cyclic esters (lactones) is 1. The maximum atomic E-state index is 14.1. The van der Waals surface area contributed by atoms with Gasteiger partial charge >= 0.3 is 5.97 Å². The van der Waals surface area contributed by atoms with E-state index in [0.29, 0.717) is 16.3 Å². The number of epoxide rings is 1. The lowest BCUT2D eigenvalue weighted by atomic mass is 9.82. The van der Waals surface area contributed by atoms with E-state index in [1.807, 2.05) is 65.8 Å². The van der Waals surface area contributed by atoms with Crippen molar-refractivity contribution in [3.8, 4) is 5.75 Å². The van der Waals surface area contributed by atoms with E-state index in [-0.39, 0.29) is 67.1 Å². The average Bonchev–Trinajstić information content (AvgIpc) is 4.01. The topological polar surface area (TPSA) is 220 Å². The highest BCUT2D eigenvalue weighted by Crippen LogP contribution is 2.45. The minimum atomic E-state index is -1.19. The van der Waals surface area contributed by atoms with Crippen molar-refractivity contribution in [3.63, 3.8) is 0 Å². The van der Waals surface area contributed by atoms with Gasteiger partial charge in [-0.2, -0.15) is 0 Å². The monoisotopic (exact) mass is 894 g/mol. The van der Waals surface area contributed by atoms with Crippen LogP contribution in [-0.2, 0) is 51.2 Å². The van der Waals surface area contributed by atoms with Crippen LogP contribution >= 0.6 is 11.6 Å². The summed E-state index contributed by atoms with van der Waals surface area (Å²) < 4.78 is 17.7. The van der Waals surface area contributed by atoms with E-state index in [4.69, 9.17) is 31.5 Å². The van der Waals surface area contributed by atoms with E-state index in [0.717, 1.165) is 11.1 Å². The summed E-state index contributed by atoms with van der Waals surface area (Å²) in [5.41, 5.74) is 6.73. The summed E-state index contributed by atoms with van der Waals surface area (Å²) in [6.45, 7) is 18.4. The molecule has 16 heteroatoms. The van der Waals surface area contributed by atoms with Crippen molar-refractivity contribution in [3.05, 3.63) is 76.3 Å². The highest BCUT2D eigenvalue weighted by atomic mass is 35.5. The van der Waals surface area contributed by atoms with Crippen LogP contribution in [0.1, 0.15) is 105 Å². The van der Waals surface area contributed by atoms with Crippen LogP contribution in [-0.4, -0.2) is 85.0 Å². The molecule has 9 atom stereocenters. The third-order valence-corrected chi connectivity index (χ3v) is 12.1. The molecular weight excluding hydrogens is 828 g/mol. The Hall–Kier alpha value is -4.99. The van der Waals surface area contributed by atoms with Gasteiger partial charge in [0.15, 0.2) is 0 Å². The van der Waals surface area contributed by atoms with Crippen LogP contribution in [0.4, 0.5) is 0 Å². The maximum absolute atomic E-state index is 14.1. The molecule has 1 saturated heterocycles. The summed E-state index contributed by atoms with van der Waals surface area (Å²) in [6, 6.07) is 8.44. The van der Waals surface area contributed by atoms with Gasteiger partial charge in [-0.1, -0.05) is 89.6 Å². The van der Waals surface area contributed by atoms with Gasteiger partial charge in [-0.15, -0.1) is 0 Å². The number of benzene rings is 2. The number of rotatable bonds is 13. The number of carbonyl (C=O) groups is 6. The largest absolute Gasteiger partial charge is 0.495 e. The quantitative estimate of drug-likeness (QED) is 0.121. The molecule has 15 nitrogen and oxygen atoms in total. The molecule has 2 aromatic rings. The van der Waals surface area contributed by atoms with Gasteiger partial charge in [0.25, 0.3) is 0 Å². The predicted molar refractivity (Wildman–Crippen MR) is 240 cm³/mol. The Morgan fingerprint density at radius 1 is 0.952 bits per heavy atom. The van der Waals surface area contributed by atoms with Crippen molar-refractivity contribution >= 4 is 47.1 Å². The number of methoxy groups -OCH3 is 1. The van der Waals surface area contributed by atoms with E-state index in [1.165, 1.54) is 13.2 Å². The molecule has 0 aromatic heterocycles. The molecule has 7 N–H and O–H groups in total. The minimum absolute atomic E-state index is 0.0678. The molecule has 346 valence electrons. The van der Waals surface area contributed by atoms with Gasteiger partial charge in [-0.25, -0.2) is 4.79 Å². The lowest BCUT2D eigenvalue weighted by Gasteiger charge is -2.35. The molecule has 2 aliphatic rings. The second kappa shape index (κ2) is 21.6. The van der Waals surface area contributed by atoms with E-state index < -0.39 is 65.4 Å². The number of carbonyl (C=O) groups excluding carboxylic acids is 6. The van der Waals surface area contributed by atoms with Crippen LogP contribution in [0.2, 0.25) is 5.02 Å². The Morgan fingerprint density at radius 3 is 2.21 bits per heavy atom. The fraction of sp³-hybridized carbons (Fsp3) is 0.574. The predicted octanol–water partition coefficient (Wildman–Crippen LogP) is 4.58. The van der Waals surface area contributed by atoms with Crippen molar-refractivity contribution in [1.29, 1.82) is 0 Å². The fourth-order valence-electron chi connectivity index (χ4n) is 7.10. The summed E-state index contributed by atoms with van der Waals surface area (Å²) in [7, 11) is 1.50. The van der Waals surface area contributed by atoms with Crippen LogP contribution in [0.3, 0.4) is 0 Å². The SMILES string of the molecule is COc1ccc(C[C@H]2NC(=O)/C=C\C[C@@H]([C@H](C)[C@H]3O[C@@H]3c3ccc(CNC(=O)[C@H](C)NC(=O)[C@@H](N)C(C)C)cc3)OC(=O)[C@H](CC(C)(C)C)NC(=O)C(C)(C)C(C)NC2=O)cc1Cl. The summed E-state index contributed by atoms with van der Waals surface area (Å²) in [6.07, 6.45) is 2.01. The fourth-order valence-corrected chi connectivity index (χ4v) is 7.38. The molecule has 63 heavy (non-hydrogen) atoms. The molecular formula is C47H67ClN6O9. The van der Waals surface area contributed by atoms with Crippen LogP contribution in [0.25, 0.3) is 0 Å². The molecule has 2 aliphatic heterocycles. The van der Waals surface area contributed by atoms with Crippen molar-refractivity contribution in [2.45, 2.75) is 144 Å². The zero-order valence-electron chi connectivity index (χ0n) is 38.4. The van der Waals surface area contributed by atoms with E-state index in [2.05, 4.69) is 26.6 Å². The Morgan fingerprint density at radius 2 is 1.60 bits per heavy atom. The van der Waals surface area contributed by atoms with Crippen LogP contribution in [0, 0.1) is 22.7 Å². The Bertz CT molecular complexity index is 2000. The van der Waals surface area contributed by atoms with Gasteiger partial charge in [-0.05, 0) is 80.3 Å². The minimum Gasteiger partial charge on any atom is -0.495 e. The van der Waals surface area contributed by atoms with Crippen LogP contribution in [0.5, 0.6) is 5.75 Å². The summed E-state index contributed by atoms with van der Waals surface area (Å²) in [5.74, 6) is -2.81. The van der Waals surface area contributed by atoms with Gasteiger partial charge in [-0.3, -0.25) is 24.0 Å². The number of amides is 5. The first kappa shape index (κ1) is 50.7. The van der Waals surface area contributed by atoms with E-state index in [1.54, 1.807) is 52.0 Å². The molecule has 0 spiro atoms. The Kier molecular flexibility index (Phi) is 17.4. The second-order valence-electron chi connectivity index (χ2n) is 18.9. The first-order valence-corrected chi connectivity index (χ1v) is 22.0. The molecule has 2 aromatic carbocycles. The number of nitrogens with two attached hydrogens (primary N) is 1. The van der Waals surface area contributed by atoms with Gasteiger partial charge in [0, 0.05) is 31.3 Å². The maximum Gasteiger partial charge on any atom is 0.328 e. The van der Waals surface area contributed by atoms with Gasteiger partial charge in [0.1, 0.15) is 36.1 Å². The van der Waals surface area contributed by atoms with E-state index >= 15 is 0 Å². The zero-order chi connectivity index (χ0) is 47.0. The van der Waals surface area contributed by atoms with Gasteiger partial charge < -0.3 is 46.5 Å². The summed E-state index contributed by atoms with van der Waals surface area (Å²) in [5, 5.41) is 14.5. The molecule has 2 heterocycles. The first-order chi connectivity index (χ1) is 29.4. The molecule has 4 rings (SSSR count). The molecule has 0 bridgehead atoms. The Labute approximate surface area is 376 Å². The van der Waals surface area contributed by atoms with Crippen LogP contribution in [0.15, 0.2) is 54.6 Å². The number of hydrogen-bond donors (Lipinski definition) is 6. The summed E-state index contributed by atoms with van der Waals surface area (Å²) >= 11 is 6.39. The van der Waals surface area contributed by atoms with Crippen molar-refractivity contribution in [2.75, 3.05) is 7.11 Å². The number of esters is 1. The second-order valence-corrected chi connectivity index (χ2v) is 19.3. The van der Waals surface area contributed by atoms with Crippen LogP contribution < -0.4 is 37.1 Å². The number of halogens is 1. The summed E-state index contributed by atoms with van der Waals surface area (Å²) in [4.78, 5) is 80.4. The average molecular weight is 896 g/mol.